The van der Waals surface area contributed by atoms with Gasteiger partial charge in [0.15, 0.2) is 0 Å². The summed E-state index contributed by atoms with van der Waals surface area (Å²) in [7, 11) is 0. The molecule has 128 valence electrons. The average Bonchev–Trinajstić information content (AvgIpc) is 2.86. The molecule has 0 bridgehead atoms. The molecule has 1 saturated heterocycles. The van der Waals surface area contributed by atoms with E-state index in [0.717, 1.165) is 5.69 Å². The number of carbonyl (C=O) groups excluding carboxylic acids is 1. The van der Waals surface area contributed by atoms with Crippen molar-refractivity contribution >= 4 is 17.7 Å². The Bertz CT molecular complexity index is 761. The van der Waals surface area contributed by atoms with Crippen LogP contribution in [0.5, 0.6) is 5.75 Å². The number of likely N-dealkylation sites (tertiary alicyclic amines) is 1. The van der Waals surface area contributed by atoms with Gasteiger partial charge in [-0.25, -0.2) is 4.79 Å². The van der Waals surface area contributed by atoms with Crippen LogP contribution in [0.1, 0.15) is 26.8 Å². The van der Waals surface area contributed by atoms with Crippen LogP contribution in [0.25, 0.3) is 11.3 Å². The number of amides is 1. The van der Waals surface area contributed by atoms with Crippen molar-refractivity contribution in [1.29, 1.82) is 0 Å². The summed E-state index contributed by atoms with van der Waals surface area (Å²) in [5.74, 6) is 0.143. The van der Waals surface area contributed by atoms with E-state index in [4.69, 9.17) is 16.3 Å². The summed E-state index contributed by atoms with van der Waals surface area (Å²) >= 11 is 6.03. The molecule has 3 rings (SSSR count). The second kappa shape index (κ2) is 6.02. The maximum absolute atomic E-state index is 12.0. The van der Waals surface area contributed by atoms with Crippen molar-refractivity contribution in [2.45, 2.75) is 32.4 Å². The molecule has 0 saturated carbocycles. The van der Waals surface area contributed by atoms with E-state index in [2.05, 4.69) is 5.10 Å². The van der Waals surface area contributed by atoms with Gasteiger partial charge >= 0.3 is 6.09 Å². The minimum absolute atomic E-state index is 0.0425. The Kier molecular flexibility index (Phi) is 4.17. The topological polar surface area (TPSA) is 67.6 Å². The Labute approximate surface area is 145 Å². The number of phenols is 1. The standard InChI is InChI=1S/C17H20ClN3O3/c1-17(2,3)24-16(23)20-9-12(10-20)21-14(6-7-19-21)13-8-11(18)4-5-15(13)22/h4-8,12,22H,9-10H2,1-3H3. The monoisotopic (exact) mass is 349 g/mol. The molecule has 0 aliphatic carbocycles. The quantitative estimate of drug-likeness (QED) is 0.897. The lowest BCUT2D eigenvalue weighted by Gasteiger charge is -2.40. The first-order valence-corrected chi connectivity index (χ1v) is 8.13. The number of hydrogen-bond donors (Lipinski definition) is 1. The van der Waals surface area contributed by atoms with E-state index in [0.29, 0.717) is 23.7 Å². The van der Waals surface area contributed by atoms with Gasteiger partial charge in [0.05, 0.1) is 11.7 Å². The van der Waals surface area contributed by atoms with Crippen molar-refractivity contribution in [3.05, 3.63) is 35.5 Å². The van der Waals surface area contributed by atoms with Gasteiger partial charge in [0.25, 0.3) is 0 Å². The van der Waals surface area contributed by atoms with Gasteiger partial charge in [-0.05, 0) is 45.0 Å². The Hall–Kier alpha value is -2.21. The van der Waals surface area contributed by atoms with Gasteiger partial charge in [-0.1, -0.05) is 11.6 Å². The molecule has 24 heavy (non-hydrogen) atoms. The van der Waals surface area contributed by atoms with Crippen molar-refractivity contribution in [2.24, 2.45) is 0 Å². The van der Waals surface area contributed by atoms with E-state index in [1.54, 1.807) is 29.3 Å². The molecule has 2 aromatic rings. The number of halogens is 1. The summed E-state index contributed by atoms with van der Waals surface area (Å²) in [6.07, 6.45) is 1.35. The van der Waals surface area contributed by atoms with E-state index in [9.17, 15) is 9.90 Å². The number of aromatic hydroxyl groups is 1. The third-order valence-electron chi connectivity index (χ3n) is 3.76. The number of aromatic nitrogens is 2. The molecule has 0 radical (unpaired) electrons. The molecule has 1 amide bonds. The number of rotatable bonds is 2. The summed E-state index contributed by atoms with van der Waals surface area (Å²) in [5.41, 5.74) is 0.880. The van der Waals surface area contributed by atoms with E-state index in [-0.39, 0.29) is 17.9 Å². The predicted molar refractivity (Wildman–Crippen MR) is 91.2 cm³/mol. The molecule has 1 aliphatic rings. The Morgan fingerprint density at radius 3 is 2.71 bits per heavy atom. The highest BCUT2D eigenvalue weighted by atomic mass is 35.5. The highest BCUT2D eigenvalue weighted by molar-refractivity contribution is 6.30. The summed E-state index contributed by atoms with van der Waals surface area (Å²) in [5, 5.41) is 15.0. The average molecular weight is 350 g/mol. The van der Waals surface area contributed by atoms with Crippen LogP contribution >= 0.6 is 11.6 Å². The minimum Gasteiger partial charge on any atom is -0.507 e. The maximum Gasteiger partial charge on any atom is 0.410 e. The molecule has 0 spiro atoms. The van der Waals surface area contributed by atoms with Crippen LogP contribution < -0.4 is 0 Å². The Balaban J connectivity index is 1.74. The van der Waals surface area contributed by atoms with Gasteiger partial charge in [0.2, 0.25) is 0 Å². The molecule has 0 atom stereocenters. The van der Waals surface area contributed by atoms with Crippen molar-refractivity contribution in [2.75, 3.05) is 13.1 Å². The predicted octanol–water partition coefficient (Wildman–Crippen LogP) is 3.70. The molecule has 1 aliphatic heterocycles. The van der Waals surface area contributed by atoms with Crippen LogP contribution in [0.3, 0.4) is 0 Å². The number of carbonyl (C=O) groups is 1. The van der Waals surface area contributed by atoms with Crippen LogP contribution in [0.2, 0.25) is 5.02 Å². The van der Waals surface area contributed by atoms with Crippen molar-refractivity contribution in [3.8, 4) is 17.0 Å². The van der Waals surface area contributed by atoms with Crippen LogP contribution in [-0.2, 0) is 4.74 Å². The summed E-state index contributed by atoms with van der Waals surface area (Å²) < 4.78 is 7.17. The molecule has 6 nitrogen and oxygen atoms in total. The Morgan fingerprint density at radius 2 is 2.04 bits per heavy atom. The first-order valence-electron chi connectivity index (χ1n) is 7.75. The van der Waals surface area contributed by atoms with E-state index < -0.39 is 5.60 Å². The lowest BCUT2D eigenvalue weighted by atomic mass is 10.1. The first kappa shape index (κ1) is 16.6. The van der Waals surface area contributed by atoms with Crippen LogP contribution in [-0.4, -0.2) is 44.6 Å². The number of ether oxygens (including phenoxy) is 1. The number of benzene rings is 1. The first-order chi connectivity index (χ1) is 11.2. The SMILES string of the molecule is CC(C)(C)OC(=O)N1CC(n2nccc2-c2cc(Cl)ccc2O)C1. The van der Waals surface area contributed by atoms with Gasteiger partial charge in [-0.2, -0.15) is 5.10 Å². The summed E-state index contributed by atoms with van der Waals surface area (Å²) in [6, 6.07) is 6.76. The minimum atomic E-state index is -0.508. The van der Waals surface area contributed by atoms with Crippen molar-refractivity contribution < 1.29 is 14.6 Å². The zero-order valence-corrected chi connectivity index (χ0v) is 14.6. The molecule has 1 fully saturated rings. The number of phenolic OH excluding ortho intramolecular Hbond substituents is 1. The van der Waals surface area contributed by atoms with Gasteiger partial charge in [-0.3, -0.25) is 4.68 Å². The van der Waals surface area contributed by atoms with E-state index in [1.807, 2.05) is 31.5 Å². The van der Waals surface area contributed by atoms with Gasteiger partial charge in [-0.15, -0.1) is 0 Å². The van der Waals surface area contributed by atoms with E-state index >= 15 is 0 Å². The van der Waals surface area contributed by atoms with Crippen molar-refractivity contribution in [3.63, 3.8) is 0 Å². The lowest BCUT2D eigenvalue weighted by molar-refractivity contribution is -0.000185. The molecule has 1 aromatic carbocycles. The molecular formula is C17H20ClN3O3. The lowest BCUT2D eigenvalue weighted by Crippen LogP contribution is -2.52. The zero-order valence-electron chi connectivity index (χ0n) is 13.9. The largest absolute Gasteiger partial charge is 0.507 e. The van der Waals surface area contributed by atoms with Crippen LogP contribution in [0.4, 0.5) is 4.79 Å². The molecule has 7 heteroatoms. The van der Waals surface area contributed by atoms with Crippen LogP contribution in [0, 0.1) is 0 Å². The normalized spacial score (nSPS) is 15.2. The fraction of sp³-hybridized carbons (Fsp3) is 0.412. The second-order valence-corrected chi connectivity index (χ2v) is 7.30. The van der Waals surface area contributed by atoms with Crippen molar-refractivity contribution in [1.82, 2.24) is 14.7 Å². The molecule has 1 N–H and O–H groups in total. The molecular weight excluding hydrogens is 330 g/mol. The van der Waals surface area contributed by atoms with Gasteiger partial charge in [0, 0.05) is 29.9 Å². The fourth-order valence-corrected chi connectivity index (χ4v) is 2.79. The maximum atomic E-state index is 12.0. The number of nitrogens with zero attached hydrogens (tertiary/aromatic N) is 3. The third kappa shape index (κ3) is 3.33. The summed E-state index contributed by atoms with van der Waals surface area (Å²) in [6.45, 7) is 6.57. The summed E-state index contributed by atoms with van der Waals surface area (Å²) in [4.78, 5) is 13.7. The Morgan fingerprint density at radius 1 is 1.33 bits per heavy atom. The second-order valence-electron chi connectivity index (χ2n) is 6.86. The fourth-order valence-electron chi connectivity index (χ4n) is 2.62. The van der Waals surface area contributed by atoms with Gasteiger partial charge < -0.3 is 14.7 Å². The number of hydrogen-bond acceptors (Lipinski definition) is 4. The van der Waals surface area contributed by atoms with E-state index in [1.165, 1.54) is 0 Å². The third-order valence-corrected chi connectivity index (χ3v) is 4.00. The van der Waals surface area contributed by atoms with Gasteiger partial charge in [0.1, 0.15) is 11.4 Å². The molecule has 1 aromatic heterocycles. The van der Waals surface area contributed by atoms with Crippen LogP contribution in [0.15, 0.2) is 30.5 Å². The molecule has 2 heterocycles. The highest BCUT2D eigenvalue weighted by Crippen LogP contribution is 2.34. The molecule has 0 unspecified atom stereocenters. The smallest absolute Gasteiger partial charge is 0.410 e. The highest BCUT2D eigenvalue weighted by Gasteiger charge is 2.36. The zero-order chi connectivity index (χ0) is 17.5.